The topological polar surface area (TPSA) is 0 Å². The van der Waals surface area contributed by atoms with Gasteiger partial charge in [-0.05, 0) is 10.2 Å². The Balaban J connectivity index is 2.34. The van der Waals surface area contributed by atoms with Crippen molar-refractivity contribution in [2.24, 2.45) is 0 Å². The molecule has 0 aliphatic heterocycles. The average molecular weight is 134 g/mol. The van der Waals surface area contributed by atoms with Gasteiger partial charge in [0.05, 0.1) is 0 Å². The monoisotopic (exact) mass is 134 g/mol. The van der Waals surface area contributed by atoms with Crippen molar-refractivity contribution in [1.82, 2.24) is 0 Å². The summed E-state index contributed by atoms with van der Waals surface area (Å²) in [5, 5.41) is 0. The molecule has 0 atom stereocenters. The molecule has 0 aromatic heterocycles. The lowest BCUT2D eigenvalue weighted by atomic mass is 11.8. The first-order valence-corrected chi connectivity index (χ1v) is 8.74. The summed E-state index contributed by atoms with van der Waals surface area (Å²) in [5.74, 6) is 0. The van der Waals surface area contributed by atoms with Gasteiger partial charge < -0.3 is 0 Å². The quantitative estimate of drug-likeness (QED) is 0.325. The lowest BCUT2D eigenvalue weighted by Gasteiger charge is -1.83. The third-order valence-electron chi connectivity index (χ3n) is 0.957. The number of hydrogen-bond acceptors (Lipinski definition) is 0. The van der Waals surface area contributed by atoms with Gasteiger partial charge in [0.25, 0.3) is 0 Å². The van der Waals surface area contributed by atoms with Crippen molar-refractivity contribution in [1.29, 1.82) is 0 Å². The summed E-state index contributed by atoms with van der Waals surface area (Å²) < 4.78 is 0. The van der Waals surface area contributed by atoms with E-state index in [-0.39, 0.29) is 0 Å². The van der Waals surface area contributed by atoms with Crippen molar-refractivity contribution in [3.63, 3.8) is 0 Å². The molecule has 0 amide bonds. The van der Waals surface area contributed by atoms with Gasteiger partial charge in [-0.3, -0.25) is 0 Å². The van der Waals surface area contributed by atoms with Crippen molar-refractivity contribution < 1.29 is 0 Å². The first kappa shape index (κ1) is 6.65. The van der Waals surface area contributed by atoms with E-state index in [1.54, 1.807) is 11.3 Å². The van der Waals surface area contributed by atoms with Crippen LogP contribution in [0.25, 0.3) is 0 Å². The second kappa shape index (κ2) is 5.65. The minimum Gasteiger partial charge on any atom is -0.0752 e. The van der Waals surface area contributed by atoms with Crippen LogP contribution in [0.3, 0.4) is 0 Å². The van der Waals surface area contributed by atoms with E-state index in [1.807, 2.05) is 0 Å². The molecule has 0 aromatic rings. The van der Waals surface area contributed by atoms with Crippen LogP contribution in [0.2, 0.25) is 17.9 Å². The van der Waals surface area contributed by atoms with E-state index in [2.05, 4.69) is 6.55 Å². The summed E-state index contributed by atoms with van der Waals surface area (Å²) in [6.45, 7) is 2.42. The summed E-state index contributed by atoms with van der Waals surface area (Å²) in [4.78, 5) is 0. The maximum atomic E-state index is 2.42. The molecule has 0 unspecified atom stereocenters. The largest absolute Gasteiger partial charge is 0.0752 e. The minimum atomic E-state index is 0.487. The Morgan fingerprint density at radius 2 is 2.33 bits per heavy atom. The molecule has 0 aromatic carbocycles. The van der Waals surface area contributed by atoms with Crippen LogP contribution < -0.4 is 0 Å². The number of hydrogen-bond donors (Lipinski definition) is 0. The van der Waals surface area contributed by atoms with Crippen LogP contribution in [0.4, 0.5) is 0 Å². The van der Waals surface area contributed by atoms with Gasteiger partial charge in [-0.2, -0.15) is 0 Å². The fourth-order valence-electron chi connectivity index (χ4n) is 0.500. The van der Waals surface area contributed by atoms with E-state index < -0.39 is 0 Å². The highest BCUT2D eigenvalue weighted by Gasteiger charge is 1.77. The van der Waals surface area contributed by atoms with Gasteiger partial charge in [0.15, 0.2) is 0 Å². The van der Waals surface area contributed by atoms with Gasteiger partial charge in [0, 0.05) is 19.0 Å². The van der Waals surface area contributed by atoms with Gasteiger partial charge in [-0.1, -0.05) is 17.9 Å². The van der Waals surface area contributed by atoms with Gasteiger partial charge in [-0.15, -0.1) is 0 Å². The Kier molecular flexibility index (Phi) is 6.26. The predicted molar refractivity (Wildman–Crippen MR) is 42.5 cm³/mol. The lowest BCUT2D eigenvalue weighted by Crippen LogP contribution is -1.91. The maximum Gasteiger partial charge on any atom is 0.0135 e. The molecular formula is C3H14Si3. The summed E-state index contributed by atoms with van der Waals surface area (Å²) >= 11 is 0. The van der Waals surface area contributed by atoms with E-state index in [1.165, 1.54) is 10.2 Å². The van der Waals surface area contributed by atoms with Crippen LogP contribution >= 0.6 is 0 Å². The van der Waals surface area contributed by atoms with E-state index in [0.29, 0.717) is 19.0 Å². The highest BCUT2D eigenvalue weighted by Crippen LogP contribution is 1.75. The smallest absolute Gasteiger partial charge is 0.0135 e. The Morgan fingerprint density at radius 1 is 1.67 bits per heavy atom. The second-order valence-corrected chi connectivity index (χ2v) is 10.2. The summed E-state index contributed by atoms with van der Waals surface area (Å²) in [7, 11) is 2.52. The summed E-state index contributed by atoms with van der Waals surface area (Å²) in [6.07, 6.45) is 0. The van der Waals surface area contributed by atoms with E-state index in [0.717, 1.165) is 0 Å². The molecule has 0 rings (SSSR count). The van der Waals surface area contributed by atoms with Crippen molar-refractivity contribution >= 4 is 29.3 Å². The number of rotatable bonds is 3. The molecule has 0 aliphatic rings. The van der Waals surface area contributed by atoms with Crippen LogP contribution in [0.5, 0.6) is 0 Å². The molecule has 0 N–H and O–H groups in total. The maximum absolute atomic E-state index is 2.42. The second-order valence-electron chi connectivity index (χ2n) is 1.71. The zero-order valence-electron chi connectivity index (χ0n) is 4.83. The molecule has 6 heavy (non-hydrogen) atoms. The summed E-state index contributed by atoms with van der Waals surface area (Å²) in [5.41, 5.74) is 3.39. The normalized spacial score (nSPS) is 13.5. The average Bonchev–Trinajstić information content (AvgIpc) is 1.61. The van der Waals surface area contributed by atoms with Gasteiger partial charge in [0.2, 0.25) is 0 Å². The van der Waals surface area contributed by atoms with Crippen LogP contribution in [0.1, 0.15) is 0 Å². The third-order valence-corrected chi connectivity index (χ3v) is 8.61. The van der Waals surface area contributed by atoms with Crippen LogP contribution in [-0.4, -0.2) is 29.3 Å². The van der Waals surface area contributed by atoms with Crippen molar-refractivity contribution in [2.75, 3.05) is 0 Å². The third kappa shape index (κ3) is 4.65. The summed E-state index contributed by atoms with van der Waals surface area (Å²) in [6, 6.07) is 0. The molecule has 0 saturated carbocycles. The molecule has 0 heterocycles. The Morgan fingerprint density at radius 3 is 2.50 bits per heavy atom. The molecule has 0 aliphatic carbocycles. The highest BCUT2D eigenvalue weighted by molar-refractivity contribution is 6.59. The molecule has 38 valence electrons. The molecule has 0 saturated heterocycles. The lowest BCUT2D eigenvalue weighted by molar-refractivity contribution is 1.86. The fraction of sp³-hybridized carbons (Fsp3) is 1.00. The fourth-order valence-corrected chi connectivity index (χ4v) is 9.00. The first-order valence-electron chi connectivity index (χ1n) is 2.91. The van der Waals surface area contributed by atoms with Gasteiger partial charge in [0.1, 0.15) is 0 Å². The van der Waals surface area contributed by atoms with Crippen LogP contribution in [0.15, 0.2) is 0 Å². The molecule has 3 heteroatoms. The SMILES string of the molecule is C[SiH2]C[SiH2]C[SiH3]. The van der Waals surface area contributed by atoms with Crippen molar-refractivity contribution in [3.05, 3.63) is 0 Å². The predicted octanol–water partition coefficient (Wildman–Crippen LogP) is -1.51. The molecule has 0 spiro atoms. The standard InChI is InChI=1S/C3H14Si3/c1-5-3-6-2-4/h2-3,5-6H2,1,4H3. The Bertz CT molecular complexity index is 18.0. The van der Waals surface area contributed by atoms with Gasteiger partial charge >= 0.3 is 0 Å². The van der Waals surface area contributed by atoms with Crippen LogP contribution in [-0.2, 0) is 0 Å². The molecule has 0 bridgehead atoms. The van der Waals surface area contributed by atoms with Gasteiger partial charge in [-0.25, -0.2) is 0 Å². The zero-order valence-corrected chi connectivity index (χ0v) is 9.66. The van der Waals surface area contributed by atoms with Crippen molar-refractivity contribution in [2.45, 2.75) is 17.9 Å². The van der Waals surface area contributed by atoms with E-state index in [9.17, 15) is 0 Å². The molecule has 0 fully saturated rings. The first-order chi connectivity index (χ1) is 2.91. The molecule has 0 radical (unpaired) electrons. The minimum absolute atomic E-state index is 0.487. The van der Waals surface area contributed by atoms with Crippen LogP contribution in [0, 0.1) is 0 Å². The highest BCUT2D eigenvalue weighted by atomic mass is 28.3. The van der Waals surface area contributed by atoms with E-state index >= 15 is 0 Å². The zero-order chi connectivity index (χ0) is 4.83. The molecule has 0 nitrogen and oxygen atoms in total. The Hall–Kier alpha value is 0.651. The molecular weight excluding hydrogens is 120 g/mol. The Labute approximate surface area is 47.8 Å². The van der Waals surface area contributed by atoms with E-state index in [4.69, 9.17) is 0 Å². The van der Waals surface area contributed by atoms with Crippen molar-refractivity contribution in [3.8, 4) is 0 Å².